The van der Waals surface area contributed by atoms with Crippen LogP contribution in [-0.4, -0.2) is 23.6 Å². The molecule has 0 spiro atoms. The van der Waals surface area contributed by atoms with Gasteiger partial charge in [0.15, 0.2) is 0 Å². The first-order chi connectivity index (χ1) is 8.84. The fourth-order valence-electron chi connectivity index (χ4n) is 2.19. The van der Waals surface area contributed by atoms with E-state index in [4.69, 9.17) is 5.11 Å². The molecule has 0 radical (unpaired) electrons. The van der Waals surface area contributed by atoms with Crippen molar-refractivity contribution in [1.29, 1.82) is 0 Å². The molecule has 0 aromatic carbocycles. The number of aliphatic hydroxyl groups is 1. The molecule has 0 saturated heterocycles. The highest BCUT2D eigenvalue weighted by Crippen LogP contribution is 2.23. The Balaban J connectivity index is 3.10. The fraction of sp³-hybridized carbons (Fsp3) is 0.692. The summed E-state index contributed by atoms with van der Waals surface area (Å²) in [7, 11) is -1.83. The molecule has 0 unspecified atom stereocenters. The molecular weight excluding hydrogens is 264 g/mol. The molecule has 1 rings (SSSR count). The monoisotopic (exact) mass is 288 g/mol. The minimum atomic E-state index is -3.55. The van der Waals surface area contributed by atoms with Gasteiger partial charge in [0.25, 0.3) is 0 Å². The van der Waals surface area contributed by atoms with Gasteiger partial charge in [-0.05, 0) is 25.3 Å². The maximum Gasteiger partial charge on any atom is 0.242 e. The average molecular weight is 288 g/mol. The van der Waals surface area contributed by atoms with E-state index in [0.29, 0.717) is 5.69 Å². The van der Waals surface area contributed by atoms with Gasteiger partial charge in [-0.3, -0.25) is 0 Å². The van der Waals surface area contributed by atoms with Crippen molar-refractivity contribution in [3.63, 3.8) is 0 Å². The van der Waals surface area contributed by atoms with Gasteiger partial charge in [0.05, 0.1) is 11.5 Å². The second-order valence-electron chi connectivity index (χ2n) is 4.88. The van der Waals surface area contributed by atoms with E-state index in [1.165, 1.54) is 12.3 Å². The van der Waals surface area contributed by atoms with Gasteiger partial charge in [0.1, 0.15) is 0 Å². The maximum atomic E-state index is 12.4. The van der Waals surface area contributed by atoms with Crippen molar-refractivity contribution in [3.05, 3.63) is 18.0 Å². The zero-order valence-corrected chi connectivity index (χ0v) is 12.9. The Kier molecular flexibility index (Phi) is 5.18. The number of aromatic nitrogens is 1. The van der Waals surface area contributed by atoms with Gasteiger partial charge in [-0.15, -0.1) is 0 Å². The summed E-state index contributed by atoms with van der Waals surface area (Å²) >= 11 is 0. The summed E-state index contributed by atoms with van der Waals surface area (Å²) in [6.45, 7) is 5.78. The number of rotatable bonds is 7. The lowest BCUT2D eigenvalue weighted by Crippen LogP contribution is -2.46. The zero-order chi connectivity index (χ0) is 14.7. The molecule has 0 saturated carbocycles. The van der Waals surface area contributed by atoms with Crippen molar-refractivity contribution in [2.75, 3.05) is 0 Å². The highest BCUT2D eigenvalue weighted by atomic mass is 32.2. The third kappa shape index (κ3) is 3.38. The predicted octanol–water partition coefficient (Wildman–Crippen LogP) is 1.76. The third-order valence-electron chi connectivity index (χ3n) is 3.94. The summed E-state index contributed by atoms with van der Waals surface area (Å²) in [5.41, 5.74) is 0.184. The average Bonchev–Trinajstić information content (AvgIpc) is 2.78. The molecule has 110 valence electrons. The first kappa shape index (κ1) is 16.2. The van der Waals surface area contributed by atoms with E-state index in [1.807, 2.05) is 20.8 Å². The Hall–Kier alpha value is -0.850. The van der Waals surface area contributed by atoms with Crippen LogP contribution in [0.15, 0.2) is 17.2 Å². The molecule has 0 aliphatic carbocycles. The molecule has 2 N–H and O–H groups in total. The van der Waals surface area contributed by atoms with Crippen LogP contribution in [0.3, 0.4) is 0 Å². The summed E-state index contributed by atoms with van der Waals surface area (Å²) in [6.07, 6.45) is 3.77. The molecule has 0 fully saturated rings. The molecule has 0 atom stereocenters. The topological polar surface area (TPSA) is 71.3 Å². The standard InChI is InChI=1S/C13H24N2O3S/c1-5-13(6-2,7-3)14-19(17,18)12-8-11(10-16)15(4)9-12/h8-9,14,16H,5-7,10H2,1-4H3. The SMILES string of the molecule is CCC(CC)(CC)NS(=O)(=O)c1cc(CO)n(C)c1. The zero-order valence-electron chi connectivity index (χ0n) is 12.1. The first-order valence-corrected chi connectivity index (χ1v) is 8.12. The molecule has 0 amide bonds. The van der Waals surface area contributed by atoms with Gasteiger partial charge >= 0.3 is 0 Å². The highest BCUT2D eigenvalue weighted by molar-refractivity contribution is 7.89. The second kappa shape index (κ2) is 6.07. The van der Waals surface area contributed by atoms with Crippen molar-refractivity contribution in [1.82, 2.24) is 9.29 Å². The van der Waals surface area contributed by atoms with Crippen LogP contribution in [0.1, 0.15) is 45.7 Å². The van der Waals surface area contributed by atoms with Crippen molar-refractivity contribution >= 4 is 10.0 Å². The van der Waals surface area contributed by atoms with E-state index >= 15 is 0 Å². The summed E-state index contributed by atoms with van der Waals surface area (Å²) in [5.74, 6) is 0. The smallest absolute Gasteiger partial charge is 0.242 e. The lowest BCUT2D eigenvalue weighted by atomic mass is 9.91. The van der Waals surface area contributed by atoms with Gasteiger partial charge in [-0.25, -0.2) is 13.1 Å². The quantitative estimate of drug-likeness (QED) is 0.803. The summed E-state index contributed by atoms with van der Waals surface area (Å²) < 4.78 is 29.2. The van der Waals surface area contributed by atoms with Crippen LogP contribution in [-0.2, 0) is 23.7 Å². The number of aryl methyl sites for hydroxylation is 1. The Morgan fingerprint density at radius 1 is 1.26 bits per heavy atom. The molecule has 19 heavy (non-hydrogen) atoms. The minimum Gasteiger partial charge on any atom is -0.390 e. The van der Waals surface area contributed by atoms with Crippen LogP contribution in [0.4, 0.5) is 0 Å². The largest absolute Gasteiger partial charge is 0.390 e. The van der Waals surface area contributed by atoms with Crippen LogP contribution in [0.5, 0.6) is 0 Å². The highest BCUT2D eigenvalue weighted by Gasteiger charge is 2.31. The first-order valence-electron chi connectivity index (χ1n) is 6.64. The number of aliphatic hydroxyl groups excluding tert-OH is 1. The van der Waals surface area contributed by atoms with Crippen LogP contribution >= 0.6 is 0 Å². The molecule has 0 aliphatic rings. The van der Waals surface area contributed by atoms with Crippen molar-refractivity contribution in [2.24, 2.45) is 7.05 Å². The summed E-state index contributed by atoms with van der Waals surface area (Å²) in [5, 5.41) is 9.13. The predicted molar refractivity (Wildman–Crippen MR) is 75.3 cm³/mol. The molecule has 6 heteroatoms. The Morgan fingerprint density at radius 2 is 1.79 bits per heavy atom. The molecule has 0 bridgehead atoms. The van der Waals surface area contributed by atoms with Gasteiger partial charge in [-0.1, -0.05) is 20.8 Å². The molecule has 1 aromatic heterocycles. The van der Waals surface area contributed by atoms with Crippen LogP contribution in [0.2, 0.25) is 0 Å². The van der Waals surface area contributed by atoms with E-state index < -0.39 is 15.6 Å². The minimum absolute atomic E-state index is 0.174. The molecular formula is C13H24N2O3S. The van der Waals surface area contributed by atoms with Crippen molar-refractivity contribution in [3.8, 4) is 0 Å². The van der Waals surface area contributed by atoms with E-state index in [1.54, 1.807) is 11.6 Å². The Labute approximate surface area is 115 Å². The summed E-state index contributed by atoms with van der Waals surface area (Å²) in [6, 6.07) is 1.51. The maximum absolute atomic E-state index is 12.4. The lowest BCUT2D eigenvalue weighted by molar-refractivity contribution is 0.272. The molecule has 5 nitrogen and oxygen atoms in total. The number of nitrogens with one attached hydrogen (secondary N) is 1. The molecule has 0 aliphatic heterocycles. The van der Waals surface area contributed by atoms with Gasteiger partial charge < -0.3 is 9.67 Å². The molecule has 1 aromatic rings. The van der Waals surface area contributed by atoms with E-state index in [2.05, 4.69) is 4.72 Å². The number of sulfonamides is 1. The Morgan fingerprint density at radius 3 is 2.16 bits per heavy atom. The van der Waals surface area contributed by atoms with Crippen LogP contribution in [0, 0.1) is 0 Å². The van der Waals surface area contributed by atoms with Crippen molar-refractivity contribution in [2.45, 2.75) is 57.1 Å². The number of nitrogens with zero attached hydrogens (tertiary/aromatic N) is 1. The van der Waals surface area contributed by atoms with Gasteiger partial charge in [0, 0.05) is 24.5 Å². The van der Waals surface area contributed by atoms with E-state index in [0.717, 1.165) is 19.3 Å². The number of hydrogen-bond acceptors (Lipinski definition) is 3. The van der Waals surface area contributed by atoms with Gasteiger partial charge in [-0.2, -0.15) is 0 Å². The number of hydrogen-bond donors (Lipinski definition) is 2. The van der Waals surface area contributed by atoms with Crippen LogP contribution in [0.25, 0.3) is 0 Å². The third-order valence-corrected chi connectivity index (χ3v) is 5.48. The summed E-state index contributed by atoms with van der Waals surface area (Å²) in [4.78, 5) is 0.207. The normalized spacial score (nSPS) is 12.9. The fourth-order valence-corrected chi connectivity index (χ4v) is 3.90. The Bertz CT molecular complexity index is 508. The van der Waals surface area contributed by atoms with E-state index in [-0.39, 0.29) is 11.5 Å². The second-order valence-corrected chi connectivity index (χ2v) is 6.57. The lowest BCUT2D eigenvalue weighted by Gasteiger charge is -2.31. The van der Waals surface area contributed by atoms with Crippen molar-refractivity contribution < 1.29 is 13.5 Å². The van der Waals surface area contributed by atoms with E-state index in [9.17, 15) is 8.42 Å². The van der Waals surface area contributed by atoms with Gasteiger partial charge in [0.2, 0.25) is 10.0 Å². The van der Waals surface area contributed by atoms with Crippen LogP contribution < -0.4 is 4.72 Å². The molecule has 1 heterocycles.